The van der Waals surface area contributed by atoms with E-state index in [2.05, 4.69) is 11.9 Å². The maximum Gasteiger partial charge on any atom is 0.303 e. The number of carboxylic acid groups (broad SMARTS) is 1. The molecule has 0 aliphatic heterocycles. The molecule has 3 heteroatoms. The lowest BCUT2D eigenvalue weighted by Crippen LogP contribution is -2.27. The van der Waals surface area contributed by atoms with Crippen LogP contribution in [-0.4, -0.2) is 36.1 Å². The summed E-state index contributed by atoms with van der Waals surface area (Å²) in [7, 11) is 2.12. The number of hydrogen-bond acceptors (Lipinski definition) is 2. The first-order valence-corrected chi connectivity index (χ1v) is 6.59. The molecule has 1 fully saturated rings. The monoisotopic (exact) mass is 227 g/mol. The van der Waals surface area contributed by atoms with Gasteiger partial charge in [-0.05, 0) is 38.8 Å². The summed E-state index contributed by atoms with van der Waals surface area (Å²) >= 11 is 0. The zero-order chi connectivity index (χ0) is 11.8. The maximum absolute atomic E-state index is 10.4. The van der Waals surface area contributed by atoms with Crippen LogP contribution in [0.4, 0.5) is 0 Å². The van der Waals surface area contributed by atoms with E-state index < -0.39 is 5.97 Å². The Morgan fingerprint density at radius 1 is 1.25 bits per heavy atom. The maximum atomic E-state index is 10.4. The lowest BCUT2D eigenvalue weighted by molar-refractivity contribution is -0.137. The summed E-state index contributed by atoms with van der Waals surface area (Å²) in [6, 6.07) is 0. The van der Waals surface area contributed by atoms with Crippen molar-refractivity contribution < 1.29 is 9.90 Å². The van der Waals surface area contributed by atoms with Gasteiger partial charge in [0.05, 0.1) is 0 Å². The Bertz CT molecular complexity index is 198. The Hall–Kier alpha value is -0.570. The number of aliphatic carboxylic acids is 1. The molecule has 0 saturated heterocycles. The van der Waals surface area contributed by atoms with Crippen LogP contribution in [0.25, 0.3) is 0 Å². The standard InChI is InChI=1S/C13H25NO2/c1-14(10-6-9-13(15)16)11-12-7-4-2-3-5-8-12/h12H,2-11H2,1H3,(H,15,16). The first kappa shape index (κ1) is 13.5. The van der Waals surface area contributed by atoms with Gasteiger partial charge in [-0.1, -0.05) is 25.7 Å². The summed E-state index contributed by atoms with van der Waals surface area (Å²) < 4.78 is 0. The van der Waals surface area contributed by atoms with Crippen molar-refractivity contribution in [2.75, 3.05) is 20.1 Å². The van der Waals surface area contributed by atoms with Crippen LogP contribution in [-0.2, 0) is 4.79 Å². The summed E-state index contributed by atoms with van der Waals surface area (Å²) in [4.78, 5) is 12.7. The minimum atomic E-state index is -0.678. The average molecular weight is 227 g/mol. The predicted octanol–water partition coefficient (Wildman–Crippen LogP) is 2.75. The molecule has 0 aromatic carbocycles. The van der Waals surface area contributed by atoms with Crippen molar-refractivity contribution in [3.05, 3.63) is 0 Å². The Morgan fingerprint density at radius 3 is 2.44 bits per heavy atom. The molecular weight excluding hydrogens is 202 g/mol. The van der Waals surface area contributed by atoms with Crippen LogP contribution in [0.1, 0.15) is 51.4 Å². The number of rotatable bonds is 6. The third-order valence-corrected chi connectivity index (χ3v) is 3.48. The highest BCUT2D eigenvalue weighted by Crippen LogP contribution is 2.23. The van der Waals surface area contributed by atoms with Crippen LogP contribution < -0.4 is 0 Å². The van der Waals surface area contributed by atoms with Crippen LogP contribution in [0.3, 0.4) is 0 Å². The normalized spacial score (nSPS) is 18.6. The number of carboxylic acids is 1. The van der Waals surface area contributed by atoms with Crippen molar-refractivity contribution in [1.29, 1.82) is 0 Å². The Morgan fingerprint density at radius 2 is 1.88 bits per heavy atom. The van der Waals surface area contributed by atoms with Gasteiger partial charge in [-0.25, -0.2) is 0 Å². The molecule has 0 radical (unpaired) electrons. The molecule has 94 valence electrons. The van der Waals surface area contributed by atoms with E-state index in [9.17, 15) is 4.79 Å². The zero-order valence-corrected chi connectivity index (χ0v) is 10.5. The van der Waals surface area contributed by atoms with Crippen molar-refractivity contribution in [2.24, 2.45) is 5.92 Å². The van der Waals surface area contributed by atoms with Crippen molar-refractivity contribution in [3.63, 3.8) is 0 Å². The molecule has 0 bridgehead atoms. The third-order valence-electron chi connectivity index (χ3n) is 3.48. The van der Waals surface area contributed by atoms with E-state index >= 15 is 0 Å². The molecule has 1 N–H and O–H groups in total. The van der Waals surface area contributed by atoms with Gasteiger partial charge in [0.2, 0.25) is 0 Å². The fourth-order valence-corrected chi connectivity index (χ4v) is 2.58. The van der Waals surface area contributed by atoms with Gasteiger partial charge in [-0.2, -0.15) is 0 Å². The third kappa shape index (κ3) is 6.11. The number of hydrogen-bond donors (Lipinski definition) is 1. The quantitative estimate of drug-likeness (QED) is 0.709. The van der Waals surface area contributed by atoms with Crippen molar-refractivity contribution in [1.82, 2.24) is 4.90 Å². The van der Waals surface area contributed by atoms with Crippen LogP contribution >= 0.6 is 0 Å². The van der Waals surface area contributed by atoms with Crippen LogP contribution in [0.15, 0.2) is 0 Å². The minimum absolute atomic E-state index is 0.301. The summed E-state index contributed by atoms with van der Waals surface area (Å²) in [5.41, 5.74) is 0. The second-order valence-electron chi connectivity index (χ2n) is 5.12. The van der Waals surface area contributed by atoms with Crippen molar-refractivity contribution >= 4 is 5.97 Å². The van der Waals surface area contributed by atoms with Gasteiger partial charge in [0.15, 0.2) is 0 Å². The summed E-state index contributed by atoms with van der Waals surface area (Å²) in [5.74, 6) is 0.167. The van der Waals surface area contributed by atoms with Gasteiger partial charge in [0.1, 0.15) is 0 Å². The fraction of sp³-hybridized carbons (Fsp3) is 0.923. The van der Waals surface area contributed by atoms with Gasteiger partial charge in [0, 0.05) is 13.0 Å². The molecule has 3 nitrogen and oxygen atoms in total. The molecule has 0 amide bonds. The van der Waals surface area contributed by atoms with E-state index in [1.165, 1.54) is 38.5 Å². The molecule has 1 rings (SSSR count). The Labute approximate surface area is 98.8 Å². The van der Waals surface area contributed by atoms with Gasteiger partial charge in [-0.15, -0.1) is 0 Å². The topological polar surface area (TPSA) is 40.5 Å². The fourth-order valence-electron chi connectivity index (χ4n) is 2.58. The molecule has 16 heavy (non-hydrogen) atoms. The molecule has 0 unspecified atom stereocenters. The molecule has 0 atom stereocenters. The molecule has 0 heterocycles. The summed E-state index contributed by atoms with van der Waals surface area (Å²) in [5, 5.41) is 8.57. The van der Waals surface area contributed by atoms with Crippen LogP contribution in [0, 0.1) is 5.92 Å². The number of nitrogens with zero attached hydrogens (tertiary/aromatic N) is 1. The predicted molar refractivity (Wildman–Crippen MR) is 65.6 cm³/mol. The SMILES string of the molecule is CN(CCCC(=O)O)CC1CCCCCC1. The molecular formula is C13H25NO2. The lowest BCUT2D eigenvalue weighted by atomic mass is 10.00. The van der Waals surface area contributed by atoms with Gasteiger partial charge < -0.3 is 10.0 Å². The van der Waals surface area contributed by atoms with Crippen LogP contribution in [0.5, 0.6) is 0 Å². The second kappa shape index (κ2) is 7.66. The van der Waals surface area contributed by atoms with Crippen LogP contribution in [0.2, 0.25) is 0 Å². The van der Waals surface area contributed by atoms with E-state index in [-0.39, 0.29) is 0 Å². The Balaban J connectivity index is 2.11. The first-order valence-electron chi connectivity index (χ1n) is 6.59. The first-order chi connectivity index (χ1) is 7.68. The average Bonchev–Trinajstić information content (AvgIpc) is 2.45. The lowest BCUT2D eigenvalue weighted by Gasteiger charge is -2.22. The molecule has 1 aliphatic rings. The zero-order valence-electron chi connectivity index (χ0n) is 10.5. The minimum Gasteiger partial charge on any atom is -0.481 e. The smallest absolute Gasteiger partial charge is 0.303 e. The second-order valence-corrected chi connectivity index (χ2v) is 5.12. The van der Waals surface area contributed by atoms with E-state index in [1.807, 2.05) is 0 Å². The Kier molecular flexibility index (Phi) is 6.46. The highest BCUT2D eigenvalue weighted by molar-refractivity contribution is 5.66. The largest absolute Gasteiger partial charge is 0.481 e. The van der Waals surface area contributed by atoms with Gasteiger partial charge in [0.25, 0.3) is 0 Å². The highest BCUT2D eigenvalue weighted by atomic mass is 16.4. The van der Waals surface area contributed by atoms with E-state index in [0.29, 0.717) is 6.42 Å². The molecule has 0 aromatic heterocycles. The van der Waals surface area contributed by atoms with Crippen molar-refractivity contribution in [3.8, 4) is 0 Å². The molecule has 0 spiro atoms. The molecule has 0 aromatic rings. The highest BCUT2D eigenvalue weighted by Gasteiger charge is 2.14. The van der Waals surface area contributed by atoms with E-state index in [1.54, 1.807) is 0 Å². The van der Waals surface area contributed by atoms with Gasteiger partial charge in [-0.3, -0.25) is 4.79 Å². The summed E-state index contributed by atoms with van der Waals surface area (Å²) in [6.45, 7) is 2.07. The van der Waals surface area contributed by atoms with Gasteiger partial charge >= 0.3 is 5.97 Å². The van der Waals surface area contributed by atoms with E-state index in [0.717, 1.165) is 25.4 Å². The number of carbonyl (C=O) groups is 1. The molecule has 1 aliphatic carbocycles. The summed E-state index contributed by atoms with van der Waals surface area (Å²) in [6.07, 6.45) is 9.37. The van der Waals surface area contributed by atoms with E-state index in [4.69, 9.17) is 5.11 Å². The molecule has 1 saturated carbocycles. The van der Waals surface area contributed by atoms with Crippen molar-refractivity contribution in [2.45, 2.75) is 51.4 Å².